The van der Waals surface area contributed by atoms with Crippen LogP contribution >= 0.6 is 0 Å². The van der Waals surface area contributed by atoms with E-state index in [0.717, 1.165) is 30.3 Å². The molecule has 0 radical (unpaired) electrons. The van der Waals surface area contributed by atoms with E-state index in [1.54, 1.807) is 24.5 Å². The number of rotatable bonds is 2. The second-order valence-electron chi connectivity index (χ2n) is 5.56. The summed E-state index contributed by atoms with van der Waals surface area (Å²) in [5.74, 6) is 1.62. The molecule has 0 atom stereocenters. The fourth-order valence-electron chi connectivity index (χ4n) is 2.92. The standard InChI is InChI=1S/C17H17N3O3/c21-17(13-2-1-5-18-11-13)20-8-6-19(7-9-20)14-3-4-15-16(10-14)23-12-22-15/h1-5,10-11H,6-9,12H2. The molecule has 1 saturated heterocycles. The summed E-state index contributed by atoms with van der Waals surface area (Å²) < 4.78 is 10.8. The number of hydrogen-bond acceptors (Lipinski definition) is 5. The highest BCUT2D eigenvalue weighted by atomic mass is 16.7. The number of anilines is 1. The van der Waals surface area contributed by atoms with Gasteiger partial charge in [0.15, 0.2) is 11.5 Å². The van der Waals surface area contributed by atoms with Gasteiger partial charge >= 0.3 is 0 Å². The van der Waals surface area contributed by atoms with Crippen molar-refractivity contribution in [2.24, 2.45) is 0 Å². The van der Waals surface area contributed by atoms with Gasteiger partial charge in [0.1, 0.15) is 0 Å². The molecule has 0 saturated carbocycles. The first-order valence-electron chi connectivity index (χ1n) is 7.65. The molecule has 2 aromatic rings. The van der Waals surface area contributed by atoms with Gasteiger partial charge < -0.3 is 19.3 Å². The van der Waals surface area contributed by atoms with E-state index >= 15 is 0 Å². The molecule has 1 fully saturated rings. The summed E-state index contributed by atoms with van der Waals surface area (Å²) in [5, 5.41) is 0. The van der Waals surface area contributed by atoms with Gasteiger partial charge in [0.2, 0.25) is 6.79 Å². The molecule has 1 aromatic carbocycles. The van der Waals surface area contributed by atoms with Crippen molar-refractivity contribution >= 4 is 11.6 Å². The smallest absolute Gasteiger partial charge is 0.255 e. The quantitative estimate of drug-likeness (QED) is 0.846. The molecule has 0 bridgehead atoms. The van der Waals surface area contributed by atoms with Crippen LogP contribution in [0.1, 0.15) is 10.4 Å². The van der Waals surface area contributed by atoms with E-state index in [2.05, 4.69) is 9.88 Å². The third-order valence-electron chi connectivity index (χ3n) is 4.20. The summed E-state index contributed by atoms with van der Waals surface area (Å²) in [4.78, 5) is 20.6. The summed E-state index contributed by atoms with van der Waals surface area (Å²) >= 11 is 0. The third kappa shape index (κ3) is 2.67. The molecule has 1 aromatic heterocycles. The summed E-state index contributed by atoms with van der Waals surface area (Å²) in [5.41, 5.74) is 1.74. The zero-order valence-corrected chi connectivity index (χ0v) is 12.6. The zero-order valence-electron chi connectivity index (χ0n) is 12.6. The Labute approximate surface area is 134 Å². The summed E-state index contributed by atoms with van der Waals surface area (Å²) in [6, 6.07) is 9.56. The number of carbonyl (C=O) groups is 1. The lowest BCUT2D eigenvalue weighted by molar-refractivity contribution is 0.0746. The van der Waals surface area contributed by atoms with Gasteiger partial charge in [-0.2, -0.15) is 0 Å². The third-order valence-corrected chi connectivity index (χ3v) is 4.20. The van der Waals surface area contributed by atoms with E-state index in [1.165, 1.54) is 0 Å². The molecule has 0 aliphatic carbocycles. The number of nitrogens with zero attached hydrogens (tertiary/aromatic N) is 3. The number of amides is 1. The first kappa shape index (κ1) is 13.9. The van der Waals surface area contributed by atoms with E-state index in [-0.39, 0.29) is 12.7 Å². The summed E-state index contributed by atoms with van der Waals surface area (Å²) in [7, 11) is 0. The molecule has 2 aliphatic heterocycles. The van der Waals surface area contributed by atoms with Crippen LogP contribution in [0.3, 0.4) is 0 Å². The van der Waals surface area contributed by atoms with Crippen LogP contribution in [0.5, 0.6) is 11.5 Å². The zero-order chi connectivity index (χ0) is 15.6. The normalized spacial score (nSPS) is 16.5. The van der Waals surface area contributed by atoms with E-state index < -0.39 is 0 Å². The lowest BCUT2D eigenvalue weighted by Crippen LogP contribution is -2.48. The van der Waals surface area contributed by atoms with Crippen molar-refractivity contribution in [3.8, 4) is 11.5 Å². The molecule has 0 N–H and O–H groups in total. The summed E-state index contributed by atoms with van der Waals surface area (Å²) in [6.45, 7) is 3.27. The topological polar surface area (TPSA) is 54.9 Å². The molecule has 1 amide bonds. The Kier molecular flexibility index (Phi) is 3.49. The van der Waals surface area contributed by atoms with Crippen molar-refractivity contribution in [2.75, 3.05) is 37.9 Å². The van der Waals surface area contributed by atoms with E-state index in [9.17, 15) is 4.79 Å². The highest BCUT2D eigenvalue weighted by molar-refractivity contribution is 5.94. The monoisotopic (exact) mass is 311 g/mol. The number of carbonyl (C=O) groups excluding carboxylic acids is 1. The highest BCUT2D eigenvalue weighted by Gasteiger charge is 2.23. The van der Waals surface area contributed by atoms with Gasteiger partial charge in [-0.3, -0.25) is 9.78 Å². The lowest BCUT2D eigenvalue weighted by Gasteiger charge is -2.36. The molecule has 6 heteroatoms. The summed E-state index contributed by atoms with van der Waals surface area (Å²) in [6.07, 6.45) is 3.29. The number of piperazine rings is 1. The van der Waals surface area contributed by atoms with Crippen molar-refractivity contribution in [1.29, 1.82) is 0 Å². The van der Waals surface area contributed by atoms with Gasteiger partial charge in [-0.15, -0.1) is 0 Å². The Bertz CT molecular complexity index is 712. The predicted molar refractivity (Wildman–Crippen MR) is 84.9 cm³/mol. The molecular weight excluding hydrogens is 294 g/mol. The SMILES string of the molecule is O=C(c1cccnc1)N1CCN(c2ccc3c(c2)OCO3)CC1. The number of ether oxygens (including phenoxy) is 2. The molecule has 4 rings (SSSR count). The second kappa shape index (κ2) is 5.79. The maximum Gasteiger partial charge on any atom is 0.255 e. The van der Waals surface area contributed by atoms with Gasteiger partial charge in [0.25, 0.3) is 5.91 Å². The van der Waals surface area contributed by atoms with E-state index in [4.69, 9.17) is 9.47 Å². The molecule has 3 heterocycles. The van der Waals surface area contributed by atoms with Gasteiger partial charge in [-0.25, -0.2) is 0 Å². The van der Waals surface area contributed by atoms with Crippen LogP contribution in [-0.4, -0.2) is 48.8 Å². The van der Waals surface area contributed by atoms with E-state index in [1.807, 2.05) is 23.1 Å². The Morgan fingerprint density at radius 1 is 1.04 bits per heavy atom. The van der Waals surface area contributed by atoms with Crippen LogP contribution in [0.15, 0.2) is 42.7 Å². The van der Waals surface area contributed by atoms with Crippen molar-refractivity contribution in [1.82, 2.24) is 9.88 Å². The molecule has 0 unspecified atom stereocenters. The molecule has 6 nitrogen and oxygen atoms in total. The first-order chi connectivity index (χ1) is 11.3. The van der Waals surface area contributed by atoms with E-state index in [0.29, 0.717) is 18.7 Å². The number of aromatic nitrogens is 1. The number of hydrogen-bond donors (Lipinski definition) is 0. The fourth-order valence-corrected chi connectivity index (χ4v) is 2.92. The lowest BCUT2D eigenvalue weighted by atomic mass is 10.2. The minimum atomic E-state index is 0.0448. The Balaban J connectivity index is 1.42. The maximum absolute atomic E-state index is 12.4. The van der Waals surface area contributed by atoms with Crippen LogP contribution in [0.2, 0.25) is 0 Å². The Hall–Kier alpha value is -2.76. The van der Waals surface area contributed by atoms with Crippen LogP contribution in [0, 0.1) is 0 Å². The molecule has 23 heavy (non-hydrogen) atoms. The molecule has 118 valence electrons. The Morgan fingerprint density at radius 2 is 1.87 bits per heavy atom. The van der Waals surface area contributed by atoms with Crippen LogP contribution in [-0.2, 0) is 0 Å². The van der Waals surface area contributed by atoms with Gasteiger partial charge in [0, 0.05) is 50.3 Å². The minimum absolute atomic E-state index is 0.0448. The predicted octanol–water partition coefficient (Wildman–Crippen LogP) is 1.77. The van der Waals surface area contributed by atoms with Gasteiger partial charge in [0.05, 0.1) is 5.56 Å². The number of pyridine rings is 1. The van der Waals surface area contributed by atoms with Crippen molar-refractivity contribution < 1.29 is 14.3 Å². The van der Waals surface area contributed by atoms with Gasteiger partial charge in [-0.1, -0.05) is 0 Å². The fraction of sp³-hybridized carbons (Fsp3) is 0.294. The van der Waals surface area contributed by atoms with Crippen LogP contribution < -0.4 is 14.4 Å². The largest absolute Gasteiger partial charge is 0.454 e. The maximum atomic E-state index is 12.4. The highest BCUT2D eigenvalue weighted by Crippen LogP contribution is 2.35. The minimum Gasteiger partial charge on any atom is -0.454 e. The molecule has 0 spiro atoms. The average Bonchev–Trinajstić information content (AvgIpc) is 3.10. The first-order valence-corrected chi connectivity index (χ1v) is 7.65. The number of benzene rings is 1. The Morgan fingerprint density at radius 3 is 2.65 bits per heavy atom. The van der Waals surface area contributed by atoms with Gasteiger partial charge in [-0.05, 0) is 24.3 Å². The number of fused-ring (bicyclic) bond motifs is 1. The van der Waals surface area contributed by atoms with Crippen molar-refractivity contribution in [3.05, 3.63) is 48.3 Å². The van der Waals surface area contributed by atoms with Crippen LogP contribution in [0.25, 0.3) is 0 Å². The molecular formula is C17H17N3O3. The van der Waals surface area contributed by atoms with Crippen molar-refractivity contribution in [2.45, 2.75) is 0 Å². The average molecular weight is 311 g/mol. The molecule has 2 aliphatic rings. The van der Waals surface area contributed by atoms with Crippen molar-refractivity contribution in [3.63, 3.8) is 0 Å². The van der Waals surface area contributed by atoms with Crippen LogP contribution in [0.4, 0.5) is 5.69 Å². The second-order valence-corrected chi connectivity index (χ2v) is 5.56.